The molecule has 7 heteroatoms. The molecule has 126 valence electrons. The van der Waals surface area contributed by atoms with Crippen molar-refractivity contribution in [3.8, 4) is 5.75 Å². The van der Waals surface area contributed by atoms with Gasteiger partial charge in [-0.2, -0.15) is 0 Å². The van der Waals surface area contributed by atoms with Crippen molar-refractivity contribution in [3.05, 3.63) is 41.6 Å². The molecule has 1 saturated heterocycles. The van der Waals surface area contributed by atoms with Gasteiger partial charge in [-0.1, -0.05) is 25.1 Å². The van der Waals surface area contributed by atoms with E-state index in [0.717, 1.165) is 11.3 Å². The van der Waals surface area contributed by atoms with Crippen LogP contribution >= 0.6 is 0 Å². The van der Waals surface area contributed by atoms with E-state index in [2.05, 4.69) is 10.2 Å². The largest absolute Gasteiger partial charge is 0.480 e. The van der Waals surface area contributed by atoms with E-state index < -0.39 is 6.10 Å². The molecule has 0 aliphatic carbocycles. The molecule has 1 aromatic heterocycles. The molecule has 24 heavy (non-hydrogen) atoms. The SMILES string of the molecule is Cc1nnc([C@@H]2CN(C(=O)[C@H]3Oc4ccccc4[C@H]3C)CCO2)o1. The van der Waals surface area contributed by atoms with E-state index in [1.54, 1.807) is 11.8 Å². The first-order chi connectivity index (χ1) is 11.6. The van der Waals surface area contributed by atoms with Gasteiger partial charge < -0.3 is 18.8 Å². The molecule has 0 spiro atoms. The Kier molecular flexibility index (Phi) is 3.72. The molecule has 2 aliphatic rings. The van der Waals surface area contributed by atoms with Crippen LogP contribution in [0.5, 0.6) is 5.75 Å². The number of hydrogen-bond acceptors (Lipinski definition) is 6. The maximum Gasteiger partial charge on any atom is 0.264 e. The van der Waals surface area contributed by atoms with Gasteiger partial charge in [0.1, 0.15) is 5.75 Å². The summed E-state index contributed by atoms with van der Waals surface area (Å²) in [6.45, 7) is 5.11. The van der Waals surface area contributed by atoms with Crippen molar-refractivity contribution in [3.63, 3.8) is 0 Å². The fourth-order valence-electron chi connectivity index (χ4n) is 3.25. The van der Waals surface area contributed by atoms with Gasteiger partial charge in [0.25, 0.3) is 5.91 Å². The van der Waals surface area contributed by atoms with Crippen LogP contribution in [0.3, 0.4) is 0 Å². The van der Waals surface area contributed by atoms with E-state index in [-0.39, 0.29) is 17.9 Å². The highest BCUT2D eigenvalue weighted by Gasteiger charge is 2.40. The average Bonchev–Trinajstić information content (AvgIpc) is 3.19. The highest BCUT2D eigenvalue weighted by atomic mass is 16.5. The lowest BCUT2D eigenvalue weighted by Crippen LogP contribution is -2.48. The second kappa shape index (κ2) is 5.90. The van der Waals surface area contributed by atoms with Gasteiger partial charge in [0, 0.05) is 24.9 Å². The first kappa shape index (κ1) is 15.1. The third-order valence-corrected chi connectivity index (χ3v) is 4.56. The fraction of sp³-hybridized carbons (Fsp3) is 0.471. The number of benzene rings is 1. The van der Waals surface area contributed by atoms with Crippen molar-refractivity contribution in [2.75, 3.05) is 19.7 Å². The number of morpholine rings is 1. The summed E-state index contributed by atoms with van der Waals surface area (Å²) in [4.78, 5) is 14.7. The predicted molar refractivity (Wildman–Crippen MR) is 83.6 cm³/mol. The highest BCUT2D eigenvalue weighted by Crippen LogP contribution is 2.38. The molecular weight excluding hydrogens is 310 g/mol. The quantitative estimate of drug-likeness (QED) is 0.837. The van der Waals surface area contributed by atoms with Gasteiger partial charge in [0.2, 0.25) is 11.8 Å². The van der Waals surface area contributed by atoms with Crippen molar-refractivity contribution >= 4 is 5.91 Å². The van der Waals surface area contributed by atoms with Gasteiger partial charge in [-0.05, 0) is 6.07 Å². The molecule has 0 unspecified atom stereocenters. The van der Waals surface area contributed by atoms with E-state index in [1.807, 2.05) is 31.2 Å². The molecule has 1 amide bonds. The first-order valence-corrected chi connectivity index (χ1v) is 8.09. The zero-order valence-electron chi connectivity index (χ0n) is 13.6. The Morgan fingerprint density at radius 1 is 1.29 bits per heavy atom. The Morgan fingerprint density at radius 2 is 2.12 bits per heavy atom. The average molecular weight is 329 g/mol. The second-order valence-electron chi connectivity index (χ2n) is 6.17. The number of rotatable bonds is 2. The zero-order valence-corrected chi connectivity index (χ0v) is 13.6. The molecule has 1 fully saturated rings. The van der Waals surface area contributed by atoms with Gasteiger partial charge in [-0.15, -0.1) is 10.2 Å². The molecule has 2 aliphatic heterocycles. The lowest BCUT2D eigenvalue weighted by Gasteiger charge is -2.33. The lowest BCUT2D eigenvalue weighted by atomic mass is 9.96. The lowest BCUT2D eigenvalue weighted by molar-refractivity contribution is -0.147. The number of carbonyl (C=O) groups is 1. The van der Waals surface area contributed by atoms with Crippen LogP contribution in [0.2, 0.25) is 0 Å². The third kappa shape index (κ3) is 2.54. The molecule has 3 heterocycles. The summed E-state index contributed by atoms with van der Waals surface area (Å²) in [7, 11) is 0. The summed E-state index contributed by atoms with van der Waals surface area (Å²) < 4.78 is 17.0. The minimum absolute atomic E-state index is 0.0248. The van der Waals surface area contributed by atoms with Crippen LogP contribution in [0.1, 0.15) is 36.3 Å². The molecule has 7 nitrogen and oxygen atoms in total. The van der Waals surface area contributed by atoms with E-state index >= 15 is 0 Å². The number of ether oxygens (including phenoxy) is 2. The molecule has 0 bridgehead atoms. The van der Waals surface area contributed by atoms with Crippen LogP contribution in [-0.4, -0.2) is 46.8 Å². The fourth-order valence-corrected chi connectivity index (χ4v) is 3.25. The smallest absolute Gasteiger partial charge is 0.264 e. The van der Waals surface area contributed by atoms with Crippen LogP contribution in [0.25, 0.3) is 0 Å². The number of hydrogen-bond donors (Lipinski definition) is 0. The Labute approximate surface area is 139 Å². The molecule has 0 radical (unpaired) electrons. The highest BCUT2D eigenvalue weighted by molar-refractivity contribution is 5.83. The molecule has 1 aromatic carbocycles. The third-order valence-electron chi connectivity index (χ3n) is 4.56. The summed E-state index contributed by atoms with van der Waals surface area (Å²) in [6.07, 6.45) is -0.881. The number of nitrogens with zero attached hydrogens (tertiary/aromatic N) is 3. The second-order valence-corrected chi connectivity index (χ2v) is 6.17. The van der Waals surface area contributed by atoms with Crippen molar-refractivity contribution in [2.45, 2.75) is 32.0 Å². The Balaban J connectivity index is 1.49. The van der Waals surface area contributed by atoms with Crippen molar-refractivity contribution in [1.29, 1.82) is 0 Å². The van der Waals surface area contributed by atoms with E-state index in [4.69, 9.17) is 13.9 Å². The standard InChI is InChI=1S/C17H19N3O4/c1-10-12-5-3-4-6-13(12)24-15(10)17(21)20-7-8-22-14(9-20)16-19-18-11(2)23-16/h3-6,10,14-15H,7-9H2,1-2H3/t10-,14+,15+/m1/s1. The molecule has 4 rings (SSSR count). The monoisotopic (exact) mass is 329 g/mol. The molecule has 0 N–H and O–H groups in total. The van der Waals surface area contributed by atoms with Crippen molar-refractivity contribution in [2.24, 2.45) is 0 Å². The number of carbonyl (C=O) groups excluding carboxylic acids is 1. The minimum Gasteiger partial charge on any atom is -0.480 e. The van der Waals surface area contributed by atoms with E-state index in [0.29, 0.717) is 31.5 Å². The van der Waals surface area contributed by atoms with Gasteiger partial charge >= 0.3 is 0 Å². The zero-order chi connectivity index (χ0) is 16.7. The van der Waals surface area contributed by atoms with Gasteiger partial charge in [-0.3, -0.25) is 4.79 Å². The molecule has 0 saturated carbocycles. The van der Waals surface area contributed by atoms with E-state index in [9.17, 15) is 4.79 Å². The van der Waals surface area contributed by atoms with Gasteiger partial charge in [0.05, 0.1) is 13.2 Å². The normalized spacial score (nSPS) is 26.1. The van der Waals surface area contributed by atoms with Crippen LogP contribution in [0, 0.1) is 6.92 Å². The van der Waals surface area contributed by atoms with E-state index in [1.165, 1.54) is 0 Å². The number of para-hydroxylation sites is 1. The summed E-state index contributed by atoms with van der Waals surface area (Å²) in [5, 5.41) is 7.82. The van der Waals surface area contributed by atoms with Crippen LogP contribution in [-0.2, 0) is 9.53 Å². The number of amides is 1. The van der Waals surface area contributed by atoms with Crippen LogP contribution < -0.4 is 4.74 Å². The Morgan fingerprint density at radius 3 is 2.88 bits per heavy atom. The Hall–Kier alpha value is -2.41. The molecule has 2 aromatic rings. The minimum atomic E-state index is -0.495. The van der Waals surface area contributed by atoms with Crippen LogP contribution in [0.15, 0.2) is 28.7 Å². The van der Waals surface area contributed by atoms with Gasteiger partial charge in [0.15, 0.2) is 12.2 Å². The first-order valence-electron chi connectivity index (χ1n) is 8.09. The summed E-state index contributed by atoms with van der Waals surface area (Å²) in [5.74, 6) is 1.69. The maximum atomic E-state index is 12.9. The number of fused-ring (bicyclic) bond motifs is 1. The topological polar surface area (TPSA) is 77.7 Å². The summed E-state index contributed by atoms with van der Waals surface area (Å²) in [6, 6.07) is 7.80. The molecular formula is C17H19N3O4. The molecule has 3 atom stereocenters. The van der Waals surface area contributed by atoms with Crippen molar-refractivity contribution in [1.82, 2.24) is 15.1 Å². The number of aromatic nitrogens is 2. The van der Waals surface area contributed by atoms with Crippen molar-refractivity contribution < 1.29 is 18.7 Å². The maximum absolute atomic E-state index is 12.9. The van der Waals surface area contributed by atoms with Gasteiger partial charge in [-0.25, -0.2) is 0 Å². The Bertz CT molecular complexity index is 760. The predicted octanol–water partition coefficient (Wildman–Crippen LogP) is 1.84. The summed E-state index contributed by atoms with van der Waals surface area (Å²) >= 11 is 0. The number of aryl methyl sites for hydroxylation is 1. The van der Waals surface area contributed by atoms with Crippen LogP contribution in [0.4, 0.5) is 0 Å². The summed E-state index contributed by atoms with van der Waals surface area (Å²) in [5.41, 5.74) is 1.08.